The first-order valence-corrected chi connectivity index (χ1v) is 4.62. The van der Waals surface area contributed by atoms with Crippen LogP contribution < -0.4 is 5.32 Å². The third kappa shape index (κ3) is 4.57. The highest BCUT2D eigenvalue weighted by Gasteiger charge is 2.03. The van der Waals surface area contributed by atoms with Gasteiger partial charge in [0, 0.05) is 6.20 Å². The van der Waals surface area contributed by atoms with Gasteiger partial charge in [-0.05, 0) is 12.1 Å². The molecule has 1 aromatic heterocycles. The zero-order chi connectivity index (χ0) is 12.5. The molecule has 0 aliphatic rings. The first-order chi connectivity index (χ1) is 8.24. The van der Waals surface area contributed by atoms with Crippen LogP contribution >= 0.6 is 0 Å². The minimum atomic E-state index is -0.895. The van der Waals surface area contributed by atoms with Crippen LogP contribution in [0.4, 0.5) is 0 Å². The molecule has 0 radical (unpaired) electrons. The van der Waals surface area contributed by atoms with Gasteiger partial charge in [0.05, 0.1) is 6.54 Å². The van der Waals surface area contributed by atoms with Crippen LogP contribution in [0.2, 0.25) is 0 Å². The number of hydrogen-bond acceptors (Lipinski definition) is 6. The summed E-state index contributed by atoms with van der Waals surface area (Å²) < 4.78 is 0. The van der Waals surface area contributed by atoms with Crippen molar-refractivity contribution >= 4 is 5.84 Å². The van der Waals surface area contributed by atoms with Gasteiger partial charge in [-0.25, -0.2) is 0 Å². The quantitative estimate of drug-likeness (QED) is 0.147. The fraction of sp³-hybridized carbons (Fsp3) is 0.222. The van der Waals surface area contributed by atoms with Crippen LogP contribution in [-0.2, 0) is 4.84 Å². The highest BCUT2D eigenvalue weighted by Crippen LogP contribution is 1.94. The third-order valence-electron chi connectivity index (χ3n) is 1.64. The van der Waals surface area contributed by atoms with E-state index in [1.165, 1.54) is 0 Å². The monoisotopic (exact) mass is 235 g/mol. The van der Waals surface area contributed by atoms with Crippen molar-refractivity contribution in [3.63, 3.8) is 0 Å². The summed E-state index contributed by atoms with van der Waals surface area (Å²) in [5.74, 6) is 0.250. The predicted octanol–water partition coefficient (Wildman–Crippen LogP) is 0.107. The molecule has 1 rings (SSSR count). The Balaban J connectivity index is 2.63. The summed E-state index contributed by atoms with van der Waals surface area (Å²) in [6.07, 6.45) is 3.27. The van der Waals surface area contributed by atoms with E-state index in [9.17, 15) is 10.1 Å². The van der Waals surface area contributed by atoms with Crippen LogP contribution in [0.25, 0.3) is 0 Å². The molecule has 8 heteroatoms. The largest absolute Gasteiger partial charge is 0.312 e. The molecule has 88 valence electrons. The van der Waals surface area contributed by atoms with Gasteiger partial charge in [0.15, 0.2) is 12.0 Å². The maximum Gasteiger partial charge on any atom is 0.294 e. The van der Waals surface area contributed by atoms with Crippen molar-refractivity contribution in [2.24, 2.45) is 4.99 Å². The molecular weight excluding hydrogens is 226 g/mol. The van der Waals surface area contributed by atoms with Crippen molar-refractivity contribution in [2.45, 2.75) is 0 Å². The molecule has 0 atom stereocenters. The fourth-order valence-electron chi connectivity index (χ4n) is 1.01. The molecule has 1 aromatic rings. The van der Waals surface area contributed by atoms with Crippen LogP contribution in [-0.4, -0.2) is 29.1 Å². The molecule has 0 aromatic carbocycles. The lowest BCUT2D eigenvalue weighted by molar-refractivity contribution is -0.757. The number of aromatic nitrogens is 1. The molecular formula is C9H9N5O3. The van der Waals surface area contributed by atoms with Gasteiger partial charge in [0.1, 0.15) is 12.3 Å². The number of aliphatic imine (C=N–C) groups is 1. The summed E-state index contributed by atoms with van der Waals surface area (Å²) in [5, 5.41) is 19.9. The minimum absolute atomic E-state index is 0.0571. The molecule has 0 aliphatic carbocycles. The Morgan fingerprint density at radius 3 is 3.12 bits per heavy atom. The number of nitriles is 1. The Hall–Kier alpha value is -2.69. The number of hydrogen-bond donors (Lipinski definition) is 1. The van der Waals surface area contributed by atoms with E-state index in [4.69, 9.17) is 5.26 Å². The van der Waals surface area contributed by atoms with E-state index in [2.05, 4.69) is 20.1 Å². The molecule has 8 nitrogen and oxygen atoms in total. The van der Waals surface area contributed by atoms with Crippen molar-refractivity contribution < 1.29 is 9.92 Å². The van der Waals surface area contributed by atoms with Crippen LogP contribution in [0, 0.1) is 21.6 Å². The summed E-state index contributed by atoms with van der Waals surface area (Å²) in [4.78, 5) is 21.9. The predicted molar refractivity (Wildman–Crippen MR) is 57.3 cm³/mol. The van der Waals surface area contributed by atoms with Gasteiger partial charge < -0.3 is 4.84 Å². The van der Waals surface area contributed by atoms with E-state index >= 15 is 0 Å². The van der Waals surface area contributed by atoms with Crippen LogP contribution in [0.5, 0.6) is 0 Å². The van der Waals surface area contributed by atoms with Gasteiger partial charge in [-0.2, -0.15) is 5.26 Å². The second-order valence-electron chi connectivity index (χ2n) is 2.74. The fourth-order valence-corrected chi connectivity index (χ4v) is 1.01. The zero-order valence-electron chi connectivity index (χ0n) is 8.74. The SMILES string of the molecule is N#CNC(=NCCO[N+](=O)[O-])c1ccccn1. The van der Waals surface area contributed by atoms with E-state index in [0.717, 1.165) is 0 Å². The van der Waals surface area contributed by atoms with Gasteiger partial charge in [0.2, 0.25) is 0 Å². The summed E-state index contributed by atoms with van der Waals surface area (Å²) in [6.45, 7) is -0.113. The zero-order valence-corrected chi connectivity index (χ0v) is 8.74. The third-order valence-corrected chi connectivity index (χ3v) is 1.64. The summed E-state index contributed by atoms with van der Waals surface area (Å²) in [6, 6.07) is 5.13. The number of nitrogens with zero attached hydrogens (tertiary/aromatic N) is 4. The van der Waals surface area contributed by atoms with E-state index in [1.54, 1.807) is 30.6 Å². The molecule has 0 aliphatic heterocycles. The molecule has 1 N–H and O–H groups in total. The average molecular weight is 235 g/mol. The molecule has 0 amide bonds. The van der Waals surface area contributed by atoms with Gasteiger partial charge in [-0.3, -0.25) is 15.3 Å². The topological polar surface area (TPSA) is 113 Å². The molecule has 17 heavy (non-hydrogen) atoms. The lowest BCUT2D eigenvalue weighted by Gasteiger charge is -2.02. The van der Waals surface area contributed by atoms with Crippen molar-refractivity contribution in [1.82, 2.24) is 10.3 Å². The van der Waals surface area contributed by atoms with Crippen molar-refractivity contribution in [1.29, 1.82) is 5.26 Å². The van der Waals surface area contributed by atoms with Gasteiger partial charge in [-0.15, -0.1) is 10.1 Å². The summed E-state index contributed by atoms with van der Waals surface area (Å²) >= 11 is 0. The molecule has 0 saturated heterocycles. The lowest BCUT2D eigenvalue weighted by atomic mass is 10.3. The van der Waals surface area contributed by atoms with Crippen molar-refractivity contribution in [3.05, 3.63) is 40.2 Å². The smallest absolute Gasteiger partial charge is 0.294 e. The Morgan fingerprint density at radius 2 is 2.53 bits per heavy atom. The van der Waals surface area contributed by atoms with E-state index in [1.807, 2.05) is 0 Å². The molecule has 0 unspecified atom stereocenters. The van der Waals surface area contributed by atoms with Crippen LogP contribution in [0.1, 0.15) is 5.69 Å². The summed E-state index contributed by atoms with van der Waals surface area (Å²) in [7, 11) is 0. The van der Waals surface area contributed by atoms with Crippen molar-refractivity contribution in [3.8, 4) is 6.19 Å². The second-order valence-corrected chi connectivity index (χ2v) is 2.74. The Kier molecular flexibility index (Phi) is 4.90. The molecule has 0 fully saturated rings. The van der Waals surface area contributed by atoms with Gasteiger partial charge in [0.25, 0.3) is 5.09 Å². The number of rotatable bonds is 5. The second kappa shape index (κ2) is 6.73. The Labute approximate surface area is 96.7 Å². The number of nitrogens with one attached hydrogen (secondary N) is 1. The highest BCUT2D eigenvalue weighted by atomic mass is 16.9. The maximum absolute atomic E-state index is 9.89. The summed E-state index contributed by atoms with van der Waals surface area (Å²) in [5.41, 5.74) is 0.482. The van der Waals surface area contributed by atoms with Gasteiger partial charge >= 0.3 is 0 Å². The maximum atomic E-state index is 9.89. The molecule has 0 spiro atoms. The first kappa shape index (κ1) is 12.4. The van der Waals surface area contributed by atoms with Crippen LogP contribution in [0.15, 0.2) is 29.4 Å². The minimum Gasteiger partial charge on any atom is -0.312 e. The average Bonchev–Trinajstić information content (AvgIpc) is 2.34. The Bertz CT molecular complexity index is 440. The highest BCUT2D eigenvalue weighted by molar-refractivity contribution is 5.97. The van der Waals surface area contributed by atoms with Crippen molar-refractivity contribution in [2.75, 3.05) is 13.2 Å². The van der Waals surface area contributed by atoms with E-state index < -0.39 is 5.09 Å². The lowest BCUT2D eigenvalue weighted by Crippen LogP contribution is -2.21. The van der Waals surface area contributed by atoms with E-state index in [0.29, 0.717) is 5.69 Å². The number of pyridine rings is 1. The van der Waals surface area contributed by atoms with Crippen LogP contribution in [0.3, 0.4) is 0 Å². The number of amidine groups is 1. The molecule has 0 bridgehead atoms. The molecule has 1 heterocycles. The van der Waals surface area contributed by atoms with E-state index in [-0.39, 0.29) is 19.0 Å². The Morgan fingerprint density at radius 1 is 1.71 bits per heavy atom. The molecule has 0 saturated carbocycles. The first-order valence-electron chi connectivity index (χ1n) is 4.62. The normalized spacial score (nSPS) is 10.4. The van der Waals surface area contributed by atoms with Gasteiger partial charge in [-0.1, -0.05) is 6.07 Å². The standard InChI is InChI=1S/C9H9N5O3/c10-7-13-9(8-3-1-2-4-11-8)12-5-6-17-14(15)16/h1-4H,5-6H2,(H,12,13).